The first kappa shape index (κ1) is 14.5. The lowest BCUT2D eigenvalue weighted by Gasteiger charge is -2.05. The van der Waals surface area contributed by atoms with Crippen molar-refractivity contribution in [3.05, 3.63) is 72.6 Å². The largest absolute Gasteiger partial charge is 0.508 e. The highest BCUT2D eigenvalue weighted by molar-refractivity contribution is 7.20. The van der Waals surface area contributed by atoms with Crippen molar-refractivity contribution in [3.63, 3.8) is 0 Å². The van der Waals surface area contributed by atoms with E-state index in [0.29, 0.717) is 11.3 Å². The molecule has 0 unspecified atom stereocenters. The smallest absolute Gasteiger partial charge is 0.255 e. The summed E-state index contributed by atoms with van der Waals surface area (Å²) in [6.07, 6.45) is 3.88. The SMILES string of the molecule is O=C(Nc1ccc(O)cc1)c1ccc2nc(-n3cccc3)sc2c1. The lowest BCUT2D eigenvalue weighted by atomic mass is 10.2. The van der Waals surface area contributed by atoms with Crippen LogP contribution < -0.4 is 5.32 Å². The number of thiazole rings is 1. The summed E-state index contributed by atoms with van der Waals surface area (Å²) in [6.45, 7) is 0. The number of aromatic hydroxyl groups is 1. The van der Waals surface area contributed by atoms with Crippen LogP contribution in [0, 0.1) is 0 Å². The summed E-state index contributed by atoms with van der Waals surface area (Å²) in [5.41, 5.74) is 2.07. The van der Waals surface area contributed by atoms with Crippen molar-refractivity contribution in [2.75, 3.05) is 5.32 Å². The topological polar surface area (TPSA) is 67.2 Å². The van der Waals surface area contributed by atoms with Gasteiger partial charge in [0.25, 0.3) is 5.91 Å². The van der Waals surface area contributed by atoms with Crippen molar-refractivity contribution < 1.29 is 9.90 Å². The van der Waals surface area contributed by atoms with Crippen LogP contribution in [-0.4, -0.2) is 20.6 Å². The Bertz CT molecular complexity index is 1000. The number of amides is 1. The van der Waals surface area contributed by atoms with Crippen LogP contribution in [0.3, 0.4) is 0 Å². The Labute approximate surface area is 141 Å². The summed E-state index contributed by atoms with van der Waals surface area (Å²) in [4.78, 5) is 17.0. The van der Waals surface area contributed by atoms with Crippen molar-refractivity contribution in [1.82, 2.24) is 9.55 Å². The molecule has 6 heteroatoms. The van der Waals surface area contributed by atoms with E-state index in [9.17, 15) is 9.90 Å². The summed E-state index contributed by atoms with van der Waals surface area (Å²) in [6, 6.07) is 15.7. The minimum Gasteiger partial charge on any atom is -0.508 e. The van der Waals surface area contributed by atoms with Gasteiger partial charge >= 0.3 is 0 Å². The van der Waals surface area contributed by atoms with Crippen LogP contribution >= 0.6 is 11.3 Å². The number of hydrogen-bond donors (Lipinski definition) is 2. The maximum atomic E-state index is 12.4. The number of nitrogens with zero attached hydrogens (tertiary/aromatic N) is 2. The van der Waals surface area contributed by atoms with Crippen molar-refractivity contribution in [2.45, 2.75) is 0 Å². The van der Waals surface area contributed by atoms with Gasteiger partial charge in [0, 0.05) is 23.6 Å². The lowest BCUT2D eigenvalue weighted by molar-refractivity contribution is 0.102. The number of rotatable bonds is 3. The number of anilines is 1. The first-order valence-electron chi connectivity index (χ1n) is 7.33. The molecule has 1 amide bonds. The first-order valence-corrected chi connectivity index (χ1v) is 8.15. The molecule has 0 aliphatic rings. The third-order valence-electron chi connectivity index (χ3n) is 3.59. The Morgan fingerprint density at radius 3 is 2.58 bits per heavy atom. The van der Waals surface area contributed by atoms with Crippen LogP contribution in [0.5, 0.6) is 5.75 Å². The predicted octanol–water partition coefficient (Wildman–Crippen LogP) is 4.04. The molecule has 0 saturated heterocycles. The third-order valence-corrected chi connectivity index (χ3v) is 4.62. The van der Waals surface area contributed by atoms with Crippen LogP contribution in [-0.2, 0) is 0 Å². The number of fused-ring (bicyclic) bond motifs is 1. The van der Waals surface area contributed by atoms with E-state index in [4.69, 9.17) is 0 Å². The molecule has 0 atom stereocenters. The Hall–Kier alpha value is -3.12. The van der Waals surface area contributed by atoms with Gasteiger partial charge in [-0.2, -0.15) is 0 Å². The molecule has 0 aliphatic heterocycles. The average molecular weight is 335 g/mol. The maximum absolute atomic E-state index is 12.4. The number of hydrogen-bond acceptors (Lipinski definition) is 4. The molecule has 118 valence electrons. The summed E-state index contributed by atoms with van der Waals surface area (Å²) >= 11 is 1.53. The van der Waals surface area contributed by atoms with Gasteiger partial charge in [0.05, 0.1) is 10.2 Å². The summed E-state index contributed by atoms with van der Waals surface area (Å²) in [5, 5.41) is 13.0. The second-order valence-electron chi connectivity index (χ2n) is 5.27. The van der Waals surface area contributed by atoms with E-state index in [0.717, 1.165) is 15.3 Å². The van der Waals surface area contributed by atoms with Crippen LogP contribution in [0.4, 0.5) is 5.69 Å². The van der Waals surface area contributed by atoms with E-state index >= 15 is 0 Å². The molecule has 2 aromatic carbocycles. The normalized spacial score (nSPS) is 10.8. The summed E-state index contributed by atoms with van der Waals surface area (Å²) < 4.78 is 2.90. The van der Waals surface area contributed by atoms with E-state index in [1.54, 1.807) is 18.2 Å². The molecule has 0 spiro atoms. The van der Waals surface area contributed by atoms with Crippen LogP contribution in [0.1, 0.15) is 10.4 Å². The minimum absolute atomic E-state index is 0.164. The summed E-state index contributed by atoms with van der Waals surface area (Å²) in [7, 11) is 0. The highest BCUT2D eigenvalue weighted by atomic mass is 32.1. The molecule has 0 saturated carbocycles. The highest BCUT2D eigenvalue weighted by Gasteiger charge is 2.10. The van der Waals surface area contributed by atoms with Crippen molar-refractivity contribution >= 4 is 33.1 Å². The summed E-state index contributed by atoms with van der Waals surface area (Å²) in [5.74, 6) is -0.0323. The number of carbonyl (C=O) groups is 1. The van der Waals surface area contributed by atoms with Crippen molar-refractivity contribution in [3.8, 4) is 10.9 Å². The Morgan fingerprint density at radius 2 is 1.83 bits per heavy atom. The third kappa shape index (κ3) is 2.75. The van der Waals surface area contributed by atoms with Gasteiger partial charge < -0.3 is 15.0 Å². The second kappa shape index (κ2) is 5.82. The maximum Gasteiger partial charge on any atom is 0.255 e. The molecule has 2 heterocycles. The Balaban J connectivity index is 1.62. The second-order valence-corrected chi connectivity index (χ2v) is 6.28. The number of phenolic OH excluding ortho intramolecular Hbond substituents is 1. The van der Waals surface area contributed by atoms with Crippen LogP contribution in [0.25, 0.3) is 15.3 Å². The first-order chi connectivity index (χ1) is 11.7. The highest BCUT2D eigenvalue weighted by Crippen LogP contribution is 2.26. The number of aromatic nitrogens is 2. The van der Waals surface area contributed by atoms with E-state index < -0.39 is 0 Å². The van der Waals surface area contributed by atoms with Gasteiger partial charge in [-0.1, -0.05) is 11.3 Å². The molecule has 0 aliphatic carbocycles. The zero-order chi connectivity index (χ0) is 16.5. The number of nitrogens with one attached hydrogen (secondary N) is 1. The molecular formula is C18H13N3O2S. The molecule has 24 heavy (non-hydrogen) atoms. The molecule has 5 nitrogen and oxygen atoms in total. The molecule has 0 radical (unpaired) electrons. The van der Waals surface area contributed by atoms with Gasteiger partial charge in [-0.05, 0) is 54.6 Å². The molecule has 4 aromatic rings. The van der Waals surface area contributed by atoms with Crippen LogP contribution in [0.2, 0.25) is 0 Å². The van der Waals surface area contributed by atoms with Gasteiger partial charge in [0.2, 0.25) is 0 Å². The average Bonchev–Trinajstić information content (AvgIpc) is 3.25. The predicted molar refractivity (Wildman–Crippen MR) is 95.0 cm³/mol. The van der Waals surface area contributed by atoms with Gasteiger partial charge in [0.1, 0.15) is 5.75 Å². The fourth-order valence-corrected chi connectivity index (χ4v) is 3.35. The molecule has 0 bridgehead atoms. The molecule has 4 rings (SSSR count). The van der Waals surface area contributed by atoms with E-state index in [1.165, 1.54) is 23.5 Å². The molecular weight excluding hydrogens is 322 g/mol. The van der Waals surface area contributed by atoms with E-state index in [-0.39, 0.29) is 11.7 Å². The monoisotopic (exact) mass is 335 g/mol. The Kier molecular flexibility index (Phi) is 3.51. The van der Waals surface area contributed by atoms with Crippen molar-refractivity contribution in [2.24, 2.45) is 0 Å². The number of benzene rings is 2. The van der Waals surface area contributed by atoms with Gasteiger partial charge in [-0.3, -0.25) is 4.79 Å². The van der Waals surface area contributed by atoms with Gasteiger partial charge in [-0.15, -0.1) is 0 Å². The van der Waals surface area contributed by atoms with Gasteiger partial charge in [-0.25, -0.2) is 4.98 Å². The van der Waals surface area contributed by atoms with Crippen molar-refractivity contribution in [1.29, 1.82) is 0 Å². The van der Waals surface area contributed by atoms with Crippen LogP contribution in [0.15, 0.2) is 67.0 Å². The van der Waals surface area contributed by atoms with E-state index in [1.807, 2.05) is 41.2 Å². The number of carbonyl (C=O) groups excluding carboxylic acids is 1. The standard InChI is InChI=1S/C18H13N3O2S/c22-14-6-4-13(5-7-14)19-17(23)12-3-8-15-16(11-12)24-18(20-15)21-9-1-2-10-21/h1-11,22H,(H,19,23). The molecule has 0 fully saturated rings. The zero-order valence-corrected chi connectivity index (χ0v) is 13.3. The number of phenols is 1. The fourth-order valence-electron chi connectivity index (χ4n) is 2.37. The minimum atomic E-state index is -0.196. The molecule has 2 aromatic heterocycles. The quantitative estimate of drug-likeness (QED) is 0.555. The van der Waals surface area contributed by atoms with E-state index in [2.05, 4.69) is 10.3 Å². The Morgan fingerprint density at radius 1 is 1.08 bits per heavy atom. The lowest BCUT2D eigenvalue weighted by Crippen LogP contribution is -2.11. The zero-order valence-electron chi connectivity index (χ0n) is 12.5. The molecule has 2 N–H and O–H groups in total. The fraction of sp³-hybridized carbons (Fsp3) is 0. The van der Waals surface area contributed by atoms with Gasteiger partial charge in [0.15, 0.2) is 5.13 Å².